The molecule has 0 atom stereocenters. The van der Waals surface area contributed by atoms with Crippen LogP contribution in [0.5, 0.6) is 0 Å². The Balaban J connectivity index is 2.24. The Morgan fingerprint density at radius 3 is 2.59 bits per heavy atom. The Labute approximate surface area is 102 Å². The molecule has 1 N–H and O–H groups in total. The molecular weight excluding hydrogens is 210 g/mol. The molecule has 1 aliphatic rings. The zero-order chi connectivity index (χ0) is 12.0. The molecule has 0 amide bonds. The number of para-hydroxylation sites is 1. The average molecular weight is 229 g/mol. The summed E-state index contributed by atoms with van der Waals surface area (Å²) in [5.74, 6) is 0. The van der Waals surface area contributed by atoms with Crippen LogP contribution >= 0.6 is 0 Å². The minimum absolute atomic E-state index is 0.635. The van der Waals surface area contributed by atoms with E-state index in [1.165, 1.54) is 30.2 Å². The van der Waals surface area contributed by atoms with Gasteiger partial charge in [0.1, 0.15) is 0 Å². The van der Waals surface area contributed by atoms with Crippen LogP contribution in [0, 0.1) is 0 Å². The molecule has 0 radical (unpaired) electrons. The van der Waals surface area contributed by atoms with Crippen LogP contribution in [-0.4, -0.2) is 9.67 Å². The monoisotopic (exact) mass is 229 g/mol. The maximum absolute atomic E-state index is 10.3. The molecule has 2 nitrogen and oxygen atoms in total. The predicted octanol–water partition coefficient (Wildman–Crippen LogP) is 3.59. The van der Waals surface area contributed by atoms with Crippen molar-refractivity contribution in [3.63, 3.8) is 0 Å². The van der Waals surface area contributed by atoms with Crippen LogP contribution in [0.25, 0.3) is 10.9 Å². The van der Waals surface area contributed by atoms with Gasteiger partial charge < -0.3 is 9.67 Å². The van der Waals surface area contributed by atoms with Crippen molar-refractivity contribution in [1.82, 2.24) is 4.57 Å². The minimum Gasteiger partial charge on any atom is -0.386 e. The molecule has 1 aromatic heterocycles. The maximum atomic E-state index is 10.3. The van der Waals surface area contributed by atoms with Crippen LogP contribution in [0.15, 0.2) is 30.5 Å². The Kier molecular flexibility index (Phi) is 2.30. The van der Waals surface area contributed by atoms with Crippen molar-refractivity contribution in [1.29, 1.82) is 0 Å². The van der Waals surface area contributed by atoms with E-state index in [0.717, 1.165) is 5.56 Å². The van der Waals surface area contributed by atoms with E-state index in [1.54, 1.807) is 0 Å². The van der Waals surface area contributed by atoms with Crippen molar-refractivity contribution in [3.8, 4) is 0 Å². The van der Waals surface area contributed by atoms with Crippen molar-refractivity contribution in [3.05, 3.63) is 36.0 Å². The van der Waals surface area contributed by atoms with Gasteiger partial charge in [0, 0.05) is 17.8 Å². The molecule has 1 aromatic carbocycles. The van der Waals surface area contributed by atoms with Crippen LogP contribution in [0.4, 0.5) is 0 Å². The molecule has 1 fully saturated rings. The number of rotatable bonds is 2. The molecule has 0 bridgehead atoms. The number of aliphatic hydroxyl groups is 1. The van der Waals surface area contributed by atoms with Crippen molar-refractivity contribution in [2.24, 2.45) is 0 Å². The van der Waals surface area contributed by atoms with Crippen molar-refractivity contribution < 1.29 is 5.11 Å². The Bertz CT molecular complexity index is 544. The summed E-state index contributed by atoms with van der Waals surface area (Å²) in [5.41, 5.74) is 1.47. The molecule has 1 saturated carbocycles. The highest BCUT2D eigenvalue weighted by molar-refractivity contribution is 5.84. The third-order valence-corrected chi connectivity index (χ3v) is 3.87. The summed E-state index contributed by atoms with van der Waals surface area (Å²) < 4.78 is 2.35. The van der Waals surface area contributed by atoms with Crippen molar-refractivity contribution >= 4 is 10.9 Å². The van der Waals surface area contributed by atoms with Gasteiger partial charge in [0.25, 0.3) is 0 Å². The van der Waals surface area contributed by atoms with Gasteiger partial charge in [-0.15, -0.1) is 0 Å². The molecule has 90 valence electrons. The van der Waals surface area contributed by atoms with Crippen LogP contribution < -0.4 is 0 Å². The van der Waals surface area contributed by atoms with E-state index in [2.05, 4.69) is 22.9 Å². The van der Waals surface area contributed by atoms with Crippen LogP contribution in [0.1, 0.15) is 44.7 Å². The lowest BCUT2D eigenvalue weighted by atomic mass is 9.91. The maximum Gasteiger partial charge on any atom is 0.0860 e. The number of nitrogens with zero attached hydrogens (tertiary/aromatic N) is 1. The highest BCUT2D eigenvalue weighted by atomic mass is 16.3. The molecule has 0 saturated heterocycles. The molecule has 0 aliphatic heterocycles. The standard InChI is InChI=1S/C15H19NO/c1-15(2,17)13-8-3-5-11-9-10-16(14(11)13)12-6-4-7-12/h3,5,8-10,12,17H,4,6-7H2,1-2H3. The van der Waals surface area contributed by atoms with Crippen molar-refractivity contribution in [2.45, 2.75) is 44.8 Å². The molecule has 0 spiro atoms. The Hall–Kier alpha value is -1.28. The third kappa shape index (κ3) is 1.67. The van der Waals surface area contributed by atoms with Gasteiger partial charge in [-0.1, -0.05) is 18.2 Å². The second kappa shape index (κ2) is 3.61. The number of hydrogen-bond acceptors (Lipinski definition) is 1. The minimum atomic E-state index is -0.778. The first-order valence-corrected chi connectivity index (χ1v) is 6.40. The largest absolute Gasteiger partial charge is 0.386 e. The molecule has 17 heavy (non-hydrogen) atoms. The van der Waals surface area contributed by atoms with Gasteiger partial charge in [0.2, 0.25) is 0 Å². The molecular formula is C15H19NO. The van der Waals surface area contributed by atoms with Gasteiger partial charge in [-0.3, -0.25) is 0 Å². The number of aromatic nitrogens is 1. The number of benzene rings is 1. The van der Waals surface area contributed by atoms with E-state index >= 15 is 0 Å². The third-order valence-electron chi connectivity index (χ3n) is 3.87. The van der Waals surface area contributed by atoms with Gasteiger partial charge in [-0.2, -0.15) is 0 Å². The predicted molar refractivity (Wildman–Crippen MR) is 70.1 cm³/mol. The summed E-state index contributed by atoms with van der Waals surface area (Å²) in [5, 5.41) is 11.5. The summed E-state index contributed by atoms with van der Waals surface area (Å²) in [6.07, 6.45) is 6.03. The van der Waals surface area contributed by atoms with Crippen LogP contribution in [-0.2, 0) is 5.60 Å². The lowest BCUT2D eigenvalue weighted by molar-refractivity contribution is 0.0796. The molecule has 3 rings (SSSR count). The highest BCUT2D eigenvalue weighted by Crippen LogP contribution is 2.37. The summed E-state index contributed by atoms with van der Waals surface area (Å²) in [6.45, 7) is 3.72. The van der Waals surface area contributed by atoms with E-state index in [0.29, 0.717) is 6.04 Å². The van der Waals surface area contributed by atoms with Gasteiger partial charge in [0.15, 0.2) is 0 Å². The van der Waals surface area contributed by atoms with E-state index in [-0.39, 0.29) is 0 Å². The fourth-order valence-corrected chi connectivity index (χ4v) is 2.68. The zero-order valence-corrected chi connectivity index (χ0v) is 10.5. The van der Waals surface area contributed by atoms with Crippen LogP contribution in [0.2, 0.25) is 0 Å². The lowest BCUT2D eigenvalue weighted by Crippen LogP contribution is -2.20. The first-order chi connectivity index (χ1) is 8.07. The van der Waals surface area contributed by atoms with E-state index in [4.69, 9.17) is 0 Å². The summed E-state index contributed by atoms with van der Waals surface area (Å²) in [6, 6.07) is 8.98. The van der Waals surface area contributed by atoms with Gasteiger partial charge in [-0.05, 0) is 44.6 Å². The SMILES string of the molecule is CC(C)(O)c1cccc2ccn(C3CCC3)c12. The molecule has 2 aromatic rings. The summed E-state index contributed by atoms with van der Waals surface area (Å²) in [7, 11) is 0. The van der Waals surface area contributed by atoms with E-state index in [9.17, 15) is 5.11 Å². The van der Waals surface area contributed by atoms with Crippen molar-refractivity contribution in [2.75, 3.05) is 0 Å². The van der Waals surface area contributed by atoms with Gasteiger partial charge in [0.05, 0.1) is 11.1 Å². The lowest BCUT2D eigenvalue weighted by Gasteiger charge is -2.30. The summed E-state index contributed by atoms with van der Waals surface area (Å²) in [4.78, 5) is 0. The molecule has 0 unspecified atom stereocenters. The highest BCUT2D eigenvalue weighted by Gasteiger charge is 2.25. The fraction of sp³-hybridized carbons (Fsp3) is 0.467. The second-order valence-electron chi connectivity index (χ2n) is 5.61. The van der Waals surface area contributed by atoms with E-state index in [1.807, 2.05) is 26.0 Å². The molecule has 2 heteroatoms. The molecule has 1 aliphatic carbocycles. The Morgan fingerprint density at radius 2 is 2.00 bits per heavy atom. The van der Waals surface area contributed by atoms with E-state index < -0.39 is 5.60 Å². The second-order valence-corrected chi connectivity index (χ2v) is 5.61. The fourth-order valence-electron chi connectivity index (χ4n) is 2.68. The quantitative estimate of drug-likeness (QED) is 0.836. The zero-order valence-electron chi connectivity index (χ0n) is 10.5. The molecule has 1 heterocycles. The first kappa shape index (κ1) is 10.8. The topological polar surface area (TPSA) is 25.2 Å². The first-order valence-electron chi connectivity index (χ1n) is 6.40. The average Bonchev–Trinajstić information content (AvgIpc) is 2.58. The van der Waals surface area contributed by atoms with Gasteiger partial charge in [-0.25, -0.2) is 0 Å². The number of hydrogen-bond donors (Lipinski definition) is 1. The van der Waals surface area contributed by atoms with Gasteiger partial charge >= 0.3 is 0 Å². The van der Waals surface area contributed by atoms with Crippen LogP contribution in [0.3, 0.4) is 0 Å². The normalized spacial score (nSPS) is 17.4. The smallest absolute Gasteiger partial charge is 0.0860 e. The Morgan fingerprint density at radius 1 is 1.24 bits per heavy atom. The summed E-state index contributed by atoms with van der Waals surface area (Å²) >= 11 is 0. The number of fused-ring (bicyclic) bond motifs is 1.